The minimum absolute atomic E-state index is 0.486. The summed E-state index contributed by atoms with van der Waals surface area (Å²) in [7, 11) is 3.82. The van der Waals surface area contributed by atoms with Crippen LogP contribution in [0.2, 0.25) is 5.02 Å². The van der Waals surface area contributed by atoms with Crippen LogP contribution in [0.3, 0.4) is 0 Å². The summed E-state index contributed by atoms with van der Waals surface area (Å²) in [5, 5.41) is 9.77. The standard InChI is InChI=1S/C13H18ClNO2/c1-13(2,12(16)17)8-9-5-6-10(14)11(7-9)15(3)4/h5-7H,8H2,1-4H3,(H,16,17). The first-order valence-electron chi connectivity index (χ1n) is 5.43. The zero-order chi connectivity index (χ0) is 13.2. The lowest BCUT2D eigenvalue weighted by Crippen LogP contribution is -2.26. The molecule has 0 fully saturated rings. The van der Waals surface area contributed by atoms with Gasteiger partial charge in [-0.05, 0) is 38.0 Å². The van der Waals surface area contributed by atoms with Crippen LogP contribution in [0, 0.1) is 5.41 Å². The van der Waals surface area contributed by atoms with Crippen molar-refractivity contribution in [2.24, 2.45) is 5.41 Å². The van der Waals surface area contributed by atoms with E-state index in [0.717, 1.165) is 11.3 Å². The Labute approximate surface area is 107 Å². The molecule has 0 aromatic heterocycles. The van der Waals surface area contributed by atoms with Crippen molar-refractivity contribution in [3.8, 4) is 0 Å². The van der Waals surface area contributed by atoms with Gasteiger partial charge in [0.05, 0.1) is 16.1 Å². The molecule has 4 heteroatoms. The number of benzene rings is 1. The Morgan fingerprint density at radius 3 is 2.47 bits per heavy atom. The van der Waals surface area contributed by atoms with Crippen LogP contribution in [-0.2, 0) is 11.2 Å². The van der Waals surface area contributed by atoms with Crippen molar-refractivity contribution < 1.29 is 9.90 Å². The normalized spacial score (nSPS) is 11.4. The first-order valence-corrected chi connectivity index (χ1v) is 5.81. The van der Waals surface area contributed by atoms with Gasteiger partial charge >= 0.3 is 5.97 Å². The van der Waals surface area contributed by atoms with Crippen LogP contribution in [0.5, 0.6) is 0 Å². The van der Waals surface area contributed by atoms with Crippen LogP contribution in [0.1, 0.15) is 19.4 Å². The molecule has 0 bridgehead atoms. The van der Waals surface area contributed by atoms with Gasteiger partial charge in [0.1, 0.15) is 0 Å². The van der Waals surface area contributed by atoms with E-state index in [1.54, 1.807) is 13.8 Å². The van der Waals surface area contributed by atoms with Crippen LogP contribution in [-0.4, -0.2) is 25.2 Å². The van der Waals surface area contributed by atoms with E-state index in [2.05, 4.69) is 0 Å². The smallest absolute Gasteiger partial charge is 0.309 e. The van der Waals surface area contributed by atoms with Gasteiger partial charge in [0.25, 0.3) is 0 Å². The summed E-state index contributed by atoms with van der Waals surface area (Å²) in [5.41, 5.74) is 1.12. The van der Waals surface area contributed by atoms with E-state index in [-0.39, 0.29) is 0 Å². The first-order chi connectivity index (χ1) is 7.74. The summed E-state index contributed by atoms with van der Waals surface area (Å²) in [4.78, 5) is 13.0. The van der Waals surface area contributed by atoms with Gasteiger partial charge in [-0.3, -0.25) is 4.79 Å². The van der Waals surface area contributed by atoms with E-state index in [0.29, 0.717) is 11.4 Å². The lowest BCUT2D eigenvalue weighted by atomic mass is 9.86. The molecule has 0 saturated carbocycles. The topological polar surface area (TPSA) is 40.5 Å². The lowest BCUT2D eigenvalue weighted by Gasteiger charge is -2.21. The average molecular weight is 256 g/mol. The van der Waals surface area contributed by atoms with Crippen molar-refractivity contribution >= 4 is 23.3 Å². The highest BCUT2D eigenvalue weighted by Gasteiger charge is 2.27. The number of carbonyl (C=O) groups is 1. The van der Waals surface area contributed by atoms with E-state index < -0.39 is 11.4 Å². The molecular weight excluding hydrogens is 238 g/mol. The average Bonchev–Trinajstić information content (AvgIpc) is 2.20. The molecule has 0 radical (unpaired) electrons. The highest BCUT2D eigenvalue weighted by Crippen LogP contribution is 2.29. The molecule has 1 aromatic carbocycles. The second kappa shape index (κ2) is 4.96. The number of carboxylic acids is 1. The van der Waals surface area contributed by atoms with E-state index in [1.165, 1.54) is 0 Å². The van der Waals surface area contributed by atoms with Gasteiger partial charge in [0.2, 0.25) is 0 Å². The molecule has 94 valence electrons. The minimum atomic E-state index is -0.793. The molecule has 0 unspecified atom stereocenters. The summed E-state index contributed by atoms with van der Waals surface area (Å²) in [5.74, 6) is -0.793. The Balaban J connectivity index is 3.01. The van der Waals surface area contributed by atoms with Gasteiger partial charge in [-0.25, -0.2) is 0 Å². The molecule has 0 heterocycles. The fourth-order valence-electron chi connectivity index (χ4n) is 1.60. The fourth-order valence-corrected chi connectivity index (χ4v) is 1.88. The van der Waals surface area contributed by atoms with Gasteiger partial charge in [-0.1, -0.05) is 17.7 Å². The van der Waals surface area contributed by atoms with E-state index >= 15 is 0 Å². The molecule has 3 nitrogen and oxygen atoms in total. The molecule has 1 aromatic rings. The highest BCUT2D eigenvalue weighted by atomic mass is 35.5. The van der Waals surface area contributed by atoms with Crippen molar-refractivity contribution in [1.29, 1.82) is 0 Å². The molecule has 0 amide bonds. The van der Waals surface area contributed by atoms with Crippen molar-refractivity contribution in [2.75, 3.05) is 19.0 Å². The third-order valence-electron chi connectivity index (χ3n) is 2.72. The van der Waals surface area contributed by atoms with Crippen LogP contribution in [0.25, 0.3) is 0 Å². The van der Waals surface area contributed by atoms with E-state index in [4.69, 9.17) is 16.7 Å². The Morgan fingerprint density at radius 1 is 1.41 bits per heavy atom. The Morgan fingerprint density at radius 2 is 2.00 bits per heavy atom. The molecule has 17 heavy (non-hydrogen) atoms. The maximum Gasteiger partial charge on any atom is 0.309 e. The molecule has 0 spiro atoms. The SMILES string of the molecule is CN(C)c1cc(CC(C)(C)C(=O)O)ccc1Cl. The van der Waals surface area contributed by atoms with Crippen LogP contribution >= 0.6 is 11.6 Å². The monoisotopic (exact) mass is 255 g/mol. The summed E-state index contributed by atoms with van der Waals surface area (Å²) in [6.45, 7) is 3.44. The summed E-state index contributed by atoms with van der Waals surface area (Å²) in [6.07, 6.45) is 0.486. The number of anilines is 1. The molecule has 0 aliphatic heterocycles. The molecular formula is C13H18ClNO2. The van der Waals surface area contributed by atoms with Crippen LogP contribution in [0.4, 0.5) is 5.69 Å². The fraction of sp³-hybridized carbons (Fsp3) is 0.462. The molecule has 0 atom stereocenters. The summed E-state index contributed by atoms with van der Waals surface area (Å²) in [6, 6.07) is 5.62. The first kappa shape index (κ1) is 13.8. The maximum atomic E-state index is 11.1. The quantitative estimate of drug-likeness (QED) is 0.899. The number of aliphatic carboxylic acids is 1. The molecule has 1 rings (SSSR count). The van der Waals surface area contributed by atoms with E-state index in [9.17, 15) is 4.79 Å². The van der Waals surface area contributed by atoms with Crippen molar-refractivity contribution in [3.63, 3.8) is 0 Å². The third-order valence-corrected chi connectivity index (χ3v) is 3.04. The molecule has 0 aliphatic carbocycles. The second-order valence-corrected chi connectivity index (χ2v) is 5.45. The number of nitrogens with zero attached hydrogens (tertiary/aromatic N) is 1. The zero-order valence-electron chi connectivity index (χ0n) is 10.6. The van der Waals surface area contributed by atoms with Gasteiger partial charge in [0, 0.05) is 14.1 Å². The Hall–Kier alpha value is -1.22. The van der Waals surface area contributed by atoms with Gasteiger partial charge in [-0.2, -0.15) is 0 Å². The largest absolute Gasteiger partial charge is 0.481 e. The summed E-state index contributed by atoms with van der Waals surface area (Å²) >= 11 is 6.07. The number of hydrogen-bond acceptors (Lipinski definition) is 2. The third kappa shape index (κ3) is 3.37. The number of halogens is 1. The van der Waals surface area contributed by atoms with Crippen molar-refractivity contribution in [3.05, 3.63) is 28.8 Å². The lowest BCUT2D eigenvalue weighted by molar-refractivity contribution is -0.146. The number of carboxylic acid groups (broad SMARTS) is 1. The Kier molecular flexibility index (Phi) is 4.04. The van der Waals surface area contributed by atoms with Crippen LogP contribution in [0.15, 0.2) is 18.2 Å². The van der Waals surface area contributed by atoms with E-state index in [1.807, 2.05) is 37.2 Å². The zero-order valence-corrected chi connectivity index (χ0v) is 11.4. The summed E-state index contributed by atoms with van der Waals surface area (Å²) < 4.78 is 0. The second-order valence-electron chi connectivity index (χ2n) is 5.05. The molecule has 0 aliphatic rings. The predicted molar refractivity (Wildman–Crippen MR) is 70.9 cm³/mol. The predicted octanol–water partition coefficient (Wildman–Crippen LogP) is 3.06. The highest BCUT2D eigenvalue weighted by molar-refractivity contribution is 6.33. The van der Waals surface area contributed by atoms with Gasteiger partial charge < -0.3 is 10.0 Å². The minimum Gasteiger partial charge on any atom is -0.481 e. The van der Waals surface area contributed by atoms with Crippen molar-refractivity contribution in [2.45, 2.75) is 20.3 Å². The number of rotatable bonds is 4. The van der Waals surface area contributed by atoms with Gasteiger partial charge in [0.15, 0.2) is 0 Å². The Bertz CT molecular complexity index is 427. The maximum absolute atomic E-state index is 11.1. The molecule has 1 N–H and O–H groups in total. The van der Waals surface area contributed by atoms with Crippen LogP contribution < -0.4 is 4.90 Å². The van der Waals surface area contributed by atoms with Gasteiger partial charge in [-0.15, -0.1) is 0 Å². The number of hydrogen-bond donors (Lipinski definition) is 1. The molecule has 0 saturated heterocycles. The van der Waals surface area contributed by atoms with Crippen molar-refractivity contribution in [1.82, 2.24) is 0 Å².